The van der Waals surface area contributed by atoms with Gasteiger partial charge in [-0.05, 0) is 36.3 Å². The number of thiol groups is 1. The average molecular weight is 295 g/mol. The topological polar surface area (TPSA) is 54.5 Å². The fraction of sp³-hybridized carbons (Fsp3) is 0.533. The summed E-state index contributed by atoms with van der Waals surface area (Å²) in [6.07, 6.45) is 3.11. The first-order chi connectivity index (χ1) is 9.54. The van der Waals surface area contributed by atoms with Crippen molar-refractivity contribution in [2.75, 3.05) is 13.1 Å². The Labute approximate surface area is 121 Å². The zero-order valence-corrected chi connectivity index (χ0v) is 12.6. The molecule has 1 saturated heterocycles. The van der Waals surface area contributed by atoms with E-state index in [2.05, 4.69) is 0 Å². The summed E-state index contributed by atoms with van der Waals surface area (Å²) in [4.78, 5) is 13.2. The number of carbonyl (C=O) groups excluding carboxylic acids is 1. The average Bonchev–Trinajstić information content (AvgIpc) is 2.41. The summed E-state index contributed by atoms with van der Waals surface area (Å²) in [7, 11) is -2.35. The van der Waals surface area contributed by atoms with Gasteiger partial charge in [0.1, 0.15) is 10.7 Å². The molecule has 0 aromatic heterocycles. The molecule has 1 aliphatic heterocycles. The van der Waals surface area contributed by atoms with Gasteiger partial charge in [-0.1, -0.05) is 24.3 Å². The molecule has 0 unspecified atom stereocenters. The van der Waals surface area contributed by atoms with Crippen molar-refractivity contribution in [3.05, 3.63) is 35.4 Å². The van der Waals surface area contributed by atoms with Gasteiger partial charge in [0.2, 0.25) is 5.91 Å². The number of hydrogen-bond donors (Lipinski definition) is 1. The molecule has 0 bridgehead atoms. The Hall–Kier alpha value is -1.36. The third-order valence-electron chi connectivity index (χ3n) is 3.92. The second kappa shape index (κ2) is 6.88. The van der Waals surface area contributed by atoms with E-state index >= 15 is 0 Å². The monoisotopic (exact) mass is 295 g/mol. The molecule has 1 aromatic carbocycles. The maximum atomic E-state index is 11.3. The van der Waals surface area contributed by atoms with Crippen molar-refractivity contribution in [1.82, 2.24) is 4.90 Å². The Morgan fingerprint density at radius 1 is 1.15 bits per heavy atom. The van der Waals surface area contributed by atoms with Crippen LogP contribution in [0.1, 0.15) is 30.9 Å². The van der Waals surface area contributed by atoms with Crippen LogP contribution in [0.2, 0.25) is 0 Å². The van der Waals surface area contributed by atoms with Gasteiger partial charge >= 0.3 is 0 Å². The summed E-state index contributed by atoms with van der Waals surface area (Å²) in [5.41, 5.74) is 2.09. The summed E-state index contributed by atoms with van der Waals surface area (Å²) < 4.78 is 21.3. The molecule has 20 heavy (non-hydrogen) atoms. The van der Waals surface area contributed by atoms with Crippen molar-refractivity contribution in [3.63, 3.8) is 0 Å². The van der Waals surface area contributed by atoms with E-state index in [-0.39, 0.29) is 11.7 Å². The van der Waals surface area contributed by atoms with Crippen LogP contribution in [0.25, 0.3) is 0 Å². The smallest absolute Gasteiger partial charge is 0.219 e. The molecule has 0 saturated carbocycles. The van der Waals surface area contributed by atoms with Crippen molar-refractivity contribution < 1.29 is 13.2 Å². The number of benzene rings is 1. The molecule has 1 amide bonds. The number of rotatable bonds is 4. The second-order valence-corrected chi connectivity index (χ2v) is 6.44. The van der Waals surface area contributed by atoms with Crippen LogP contribution in [-0.2, 0) is 27.7 Å². The summed E-state index contributed by atoms with van der Waals surface area (Å²) >= 11 is 0. The molecule has 110 valence electrons. The first kappa shape index (κ1) is 15.0. The van der Waals surface area contributed by atoms with Gasteiger partial charge in [-0.3, -0.25) is 4.79 Å². The number of piperidine rings is 1. The van der Waals surface area contributed by atoms with Gasteiger partial charge in [0, 0.05) is 20.0 Å². The highest BCUT2D eigenvalue weighted by molar-refractivity contribution is 7.71. The SMILES string of the molecule is CC(=O)N1CCC(Cc2ccc(C[SH](=O)=O)cc2)CC1. The predicted molar refractivity (Wildman–Crippen MR) is 79.1 cm³/mol. The molecule has 1 aliphatic rings. The van der Waals surface area contributed by atoms with E-state index < -0.39 is 10.7 Å². The minimum atomic E-state index is -2.35. The van der Waals surface area contributed by atoms with Crippen LogP contribution < -0.4 is 0 Å². The number of hydrogen-bond acceptors (Lipinski definition) is 3. The lowest BCUT2D eigenvalue weighted by Gasteiger charge is -2.31. The van der Waals surface area contributed by atoms with Gasteiger partial charge in [0.25, 0.3) is 0 Å². The fourth-order valence-corrected chi connectivity index (χ4v) is 3.22. The van der Waals surface area contributed by atoms with Crippen LogP contribution in [0.4, 0.5) is 0 Å². The largest absolute Gasteiger partial charge is 0.343 e. The molecule has 0 spiro atoms. The molecule has 0 N–H and O–H groups in total. The van der Waals surface area contributed by atoms with E-state index in [1.807, 2.05) is 29.2 Å². The highest BCUT2D eigenvalue weighted by Gasteiger charge is 2.20. The minimum Gasteiger partial charge on any atom is -0.343 e. The third kappa shape index (κ3) is 4.34. The van der Waals surface area contributed by atoms with E-state index in [9.17, 15) is 13.2 Å². The number of amides is 1. The van der Waals surface area contributed by atoms with Crippen LogP contribution in [0.15, 0.2) is 24.3 Å². The first-order valence-electron chi connectivity index (χ1n) is 6.99. The maximum absolute atomic E-state index is 11.3. The standard InChI is InChI=1S/C15H21NO3S/c1-12(17)16-8-6-14(7-9-16)10-13-2-4-15(5-3-13)11-20(18)19/h2-5,14,20H,6-11H2,1H3. The van der Waals surface area contributed by atoms with E-state index in [0.717, 1.165) is 37.9 Å². The lowest BCUT2D eigenvalue weighted by molar-refractivity contribution is -0.130. The van der Waals surface area contributed by atoms with Crippen molar-refractivity contribution in [1.29, 1.82) is 0 Å². The molecule has 1 aromatic rings. The van der Waals surface area contributed by atoms with Crippen LogP contribution in [0, 0.1) is 5.92 Å². The number of likely N-dealkylation sites (tertiary alicyclic amines) is 1. The summed E-state index contributed by atoms with van der Waals surface area (Å²) in [6, 6.07) is 7.83. The second-order valence-electron chi connectivity index (χ2n) is 5.46. The van der Waals surface area contributed by atoms with Gasteiger partial charge in [-0.25, -0.2) is 8.42 Å². The molecule has 1 heterocycles. The van der Waals surface area contributed by atoms with Crippen LogP contribution in [-0.4, -0.2) is 32.3 Å². The first-order valence-corrected chi connectivity index (χ1v) is 8.36. The summed E-state index contributed by atoms with van der Waals surface area (Å²) in [6.45, 7) is 3.34. The normalized spacial score (nSPS) is 16.6. The molecule has 2 rings (SSSR count). The van der Waals surface area contributed by atoms with Gasteiger partial charge in [0.15, 0.2) is 0 Å². The van der Waals surface area contributed by atoms with E-state index in [4.69, 9.17) is 0 Å². The lowest BCUT2D eigenvalue weighted by atomic mass is 9.90. The third-order valence-corrected chi connectivity index (χ3v) is 4.54. The maximum Gasteiger partial charge on any atom is 0.219 e. The van der Waals surface area contributed by atoms with E-state index in [1.54, 1.807) is 6.92 Å². The van der Waals surface area contributed by atoms with E-state index in [1.165, 1.54) is 5.56 Å². The molecule has 1 fully saturated rings. The molecule has 5 heteroatoms. The Kier molecular flexibility index (Phi) is 5.17. The zero-order valence-electron chi connectivity index (χ0n) is 11.7. The van der Waals surface area contributed by atoms with Crippen molar-refractivity contribution >= 4 is 16.6 Å². The van der Waals surface area contributed by atoms with Gasteiger partial charge in [-0.15, -0.1) is 0 Å². The minimum absolute atomic E-state index is 0.118. The molecular weight excluding hydrogens is 274 g/mol. The van der Waals surface area contributed by atoms with Crippen molar-refractivity contribution in [3.8, 4) is 0 Å². The molecule has 0 aliphatic carbocycles. The lowest BCUT2D eigenvalue weighted by Crippen LogP contribution is -2.37. The number of carbonyl (C=O) groups is 1. The molecule has 0 radical (unpaired) electrons. The Morgan fingerprint density at radius 2 is 1.70 bits per heavy atom. The fourth-order valence-electron chi connectivity index (χ4n) is 2.72. The summed E-state index contributed by atoms with van der Waals surface area (Å²) in [5, 5.41) is 0. The molecular formula is C15H21NO3S. The Morgan fingerprint density at radius 3 is 2.20 bits per heavy atom. The molecule has 4 nitrogen and oxygen atoms in total. The zero-order chi connectivity index (χ0) is 14.5. The van der Waals surface area contributed by atoms with Crippen LogP contribution in [0.3, 0.4) is 0 Å². The van der Waals surface area contributed by atoms with Gasteiger partial charge in [-0.2, -0.15) is 0 Å². The van der Waals surface area contributed by atoms with Crippen LogP contribution >= 0.6 is 0 Å². The Balaban J connectivity index is 1.86. The molecule has 0 atom stereocenters. The van der Waals surface area contributed by atoms with Crippen molar-refractivity contribution in [2.24, 2.45) is 5.92 Å². The van der Waals surface area contributed by atoms with E-state index in [0.29, 0.717) is 5.92 Å². The quantitative estimate of drug-likeness (QED) is 0.858. The highest BCUT2D eigenvalue weighted by atomic mass is 32.2. The predicted octanol–water partition coefficient (Wildman–Crippen LogP) is 1.60. The van der Waals surface area contributed by atoms with Gasteiger partial charge in [0.05, 0.1) is 5.75 Å². The highest BCUT2D eigenvalue weighted by Crippen LogP contribution is 2.22. The number of nitrogens with zero attached hydrogens (tertiary/aromatic N) is 1. The van der Waals surface area contributed by atoms with Crippen molar-refractivity contribution in [2.45, 2.75) is 31.9 Å². The Bertz CT molecular complexity index is 521. The van der Waals surface area contributed by atoms with Gasteiger partial charge < -0.3 is 4.90 Å². The summed E-state index contributed by atoms with van der Waals surface area (Å²) in [5.74, 6) is 0.902. The van der Waals surface area contributed by atoms with Crippen LogP contribution in [0.5, 0.6) is 0 Å².